The molecule has 0 radical (unpaired) electrons. The number of hydrogen-bond donors (Lipinski definition) is 2. The zero-order chi connectivity index (χ0) is 20.2. The zero-order valence-corrected chi connectivity index (χ0v) is 17.6. The minimum Gasteiger partial charge on any atom is -0.379 e. The molecule has 1 aromatic carbocycles. The fourth-order valence-electron chi connectivity index (χ4n) is 5.97. The third-order valence-corrected chi connectivity index (χ3v) is 9.65. The molecule has 3 aliphatic carbocycles. The predicted molar refractivity (Wildman–Crippen MR) is 109 cm³/mol. The van der Waals surface area contributed by atoms with E-state index in [2.05, 4.69) is 17.6 Å². The summed E-state index contributed by atoms with van der Waals surface area (Å²) in [6.07, 6.45) is 5.36. The maximum absolute atomic E-state index is 12.7. The van der Waals surface area contributed by atoms with Gasteiger partial charge in [-0.25, -0.2) is 13.2 Å². The molecule has 158 valence electrons. The molecule has 1 aliphatic heterocycles. The number of urea groups is 1. The third kappa shape index (κ3) is 3.25. The van der Waals surface area contributed by atoms with Gasteiger partial charge in [-0.05, 0) is 80.0 Å². The van der Waals surface area contributed by atoms with Crippen LogP contribution in [0.4, 0.5) is 10.5 Å². The van der Waals surface area contributed by atoms with Gasteiger partial charge in [0, 0.05) is 24.8 Å². The van der Waals surface area contributed by atoms with Gasteiger partial charge in [0.2, 0.25) is 10.0 Å². The highest BCUT2D eigenvalue weighted by Gasteiger charge is 2.70. The number of carbonyl (C=O) groups excluding carboxylic acids is 1. The van der Waals surface area contributed by atoms with Crippen molar-refractivity contribution in [3.63, 3.8) is 0 Å². The van der Waals surface area contributed by atoms with Crippen molar-refractivity contribution in [2.45, 2.75) is 43.5 Å². The monoisotopic (exact) mass is 419 g/mol. The summed E-state index contributed by atoms with van der Waals surface area (Å²) in [5.74, 6) is 2.29. The number of carbonyl (C=O) groups is 1. The van der Waals surface area contributed by atoms with Gasteiger partial charge >= 0.3 is 6.03 Å². The Balaban J connectivity index is 1.17. The van der Waals surface area contributed by atoms with E-state index in [0.29, 0.717) is 43.3 Å². The Morgan fingerprint density at radius 2 is 1.97 bits per heavy atom. The molecular weight excluding hydrogens is 390 g/mol. The second-order valence-electron chi connectivity index (χ2n) is 9.11. The molecule has 2 N–H and O–H groups in total. The number of nitrogens with zero attached hydrogens (tertiary/aromatic N) is 1. The van der Waals surface area contributed by atoms with Gasteiger partial charge in [0.05, 0.1) is 18.1 Å². The summed E-state index contributed by atoms with van der Waals surface area (Å²) in [5, 5.41) is 5.94. The van der Waals surface area contributed by atoms with Crippen LogP contribution < -0.4 is 10.6 Å². The first kappa shape index (κ1) is 19.3. The van der Waals surface area contributed by atoms with Crippen molar-refractivity contribution < 1.29 is 17.9 Å². The van der Waals surface area contributed by atoms with Crippen LogP contribution in [0.3, 0.4) is 0 Å². The van der Waals surface area contributed by atoms with Crippen LogP contribution in [0, 0.1) is 23.2 Å². The van der Waals surface area contributed by atoms with E-state index in [9.17, 15) is 13.2 Å². The van der Waals surface area contributed by atoms with E-state index in [4.69, 9.17) is 4.74 Å². The SMILES string of the molecule is CC(NC(=O)Nc1ccc(S(=O)(=O)N2CCOCC2)cc1)C1CC2CC23CCC13. The van der Waals surface area contributed by atoms with Gasteiger partial charge in [0.15, 0.2) is 0 Å². The van der Waals surface area contributed by atoms with Crippen molar-refractivity contribution in [1.29, 1.82) is 0 Å². The van der Waals surface area contributed by atoms with Gasteiger partial charge in [0.25, 0.3) is 0 Å². The Morgan fingerprint density at radius 1 is 1.24 bits per heavy atom. The summed E-state index contributed by atoms with van der Waals surface area (Å²) in [7, 11) is -3.52. The van der Waals surface area contributed by atoms with Gasteiger partial charge in [-0.1, -0.05) is 0 Å². The number of nitrogens with one attached hydrogen (secondary N) is 2. The van der Waals surface area contributed by atoms with E-state index in [1.165, 1.54) is 30.0 Å². The highest BCUT2D eigenvalue weighted by molar-refractivity contribution is 7.89. The van der Waals surface area contributed by atoms with Crippen LogP contribution in [-0.4, -0.2) is 51.1 Å². The summed E-state index contributed by atoms with van der Waals surface area (Å²) >= 11 is 0. The van der Waals surface area contributed by atoms with Crippen LogP contribution in [0.5, 0.6) is 0 Å². The number of benzene rings is 1. The molecule has 4 fully saturated rings. The summed E-state index contributed by atoms with van der Waals surface area (Å²) < 4.78 is 32.0. The fraction of sp³-hybridized carbons (Fsp3) is 0.667. The Morgan fingerprint density at radius 3 is 2.59 bits per heavy atom. The lowest BCUT2D eigenvalue weighted by molar-refractivity contribution is 0.0730. The molecule has 5 unspecified atom stereocenters. The lowest BCUT2D eigenvalue weighted by atomic mass is 9.66. The molecule has 1 heterocycles. The first-order valence-corrected chi connectivity index (χ1v) is 12.1. The van der Waals surface area contributed by atoms with Gasteiger partial charge < -0.3 is 15.4 Å². The Bertz CT molecular complexity index is 893. The molecule has 29 heavy (non-hydrogen) atoms. The van der Waals surface area contributed by atoms with Crippen molar-refractivity contribution in [3.05, 3.63) is 24.3 Å². The van der Waals surface area contributed by atoms with Crippen molar-refractivity contribution >= 4 is 21.7 Å². The molecule has 1 aromatic rings. The average Bonchev–Trinajstić information content (AvgIpc) is 3.39. The zero-order valence-electron chi connectivity index (χ0n) is 16.8. The highest BCUT2D eigenvalue weighted by Crippen LogP contribution is 2.77. The average molecular weight is 420 g/mol. The molecule has 0 aromatic heterocycles. The summed E-state index contributed by atoms with van der Waals surface area (Å²) in [5.41, 5.74) is 1.24. The van der Waals surface area contributed by atoms with Crippen LogP contribution in [-0.2, 0) is 14.8 Å². The van der Waals surface area contributed by atoms with Crippen LogP contribution >= 0.6 is 0 Å². The van der Waals surface area contributed by atoms with Crippen molar-refractivity contribution in [2.24, 2.45) is 23.2 Å². The van der Waals surface area contributed by atoms with E-state index in [1.807, 2.05) is 0 Å². The van der Waals surface area contributed by atoms with Crippen LogP contribution in [0.25, 0.3) is 0 Å². The Labute approximate surface area is 172 Å². The molecule has 7 nitrogen and oxygen atoms in total. The number of amides is 2. The topological polar surface area (TPSA) is 87.7 Å². The fourth-order valence-corrected chi connectivity index (χ4v) is 7.38. The highest BCUT2D eigenvalue weighted by atomic mass is 32.2. The number of hydrogen-bond acceptors (Lipinski definition) is 4. The van der Waals surface area contributed by atoms with Gasteiger partial charge in [-0.2, -0.15) is 4.31 Å². The second kappa shape index (κ2) is 6.96. The minimum absolute atomic E-state index is 0.158. The molecule has 2 amide bonds. The number of morpholine rings is 1. The lowest BCUT2D eigenvalue weighted by Gasteiger charge is -2.41. The van der Waals surface area contributed by atoms with Crippen molar-refractivity contribution in [2.75, 3.05) is 31.6 Å². The van der Waals surface area contributed by atoms with Gasteiger partial charge in [0.1, 0.15) is 0 Å². The largest absolute Gasteiger partial charge is 0.379 e. The number of ether oxygens (including phenoxy) is 1. The second-order valence-corrected chi connectivity index (χ2v) is 11.0. The summed E-state index contributed by atoms with van der Waals surface area (Å²) in [6, 6.07) is 6.31. The van der Waals surface area contributed by atoms with Crippen molar-refractivity contribution in [1.82, 2.24) is 9.62 Å². The first-order valence-electron chi connectivity index (χ1n) is 10.7. The minimum atomic E-state index is -3.52. The molecule has 0 bridgehead atoms. The maximum atomic E-state index is 12.7. The summed E-state index contributed by atoms with van der Waals surface area (Å²) in [4.78, 5) is 12.7. The molecule has 5 rings (SSSR count). The molecule has 3 saturated carbocycles. The molecule has 8 heteroatoms. The van der Waals surface area contributed by atoms with E-state index in [-0.39, 0.29) is 17.0 Å². The molecule has 1 spiro atoms. The third-order valence-electron chi connectivity index (χ3n) is 7.73. The predicted octanol–water partition coefficient (Wildman–Crippen LogP) is 2.65. The van der Waals surface area contributed by atoms with Gasteiger partial charge in [-0.3, -0.25) is 0 Å². The van der Waals surface area contributed by atoms with Crippen molar-refractivity contribution in [3.8, 4) is 0 Å². The van der Waals surface area contributed by atoms with Gasteiger partial charge in [-0.15, -0.1) is 0 Å². The molecule has 4 aliphatic rings. The standard InChI is InChI=1S/C21H29N3O4S/c1-14(18-12-15-13-21(15)7-6-19(18)21)22-20(25)23-16-2-4-17(5-3-16)29(26,27)24-8-10-28-11-9-24/h2-5,14-15,18-19H,6-13H2,1H3,(H2,22,23,25). The molecule has 5 atom stereocenters. The number of anilines is 1. The van der Waals surface area contributed by atoms with E-state index >= 15 is 0 Å². The van der Waals surface area contributed by atoms with Crippen LogP contribution in [0.2, 0.25) is 0 Å². The lowest BCUT2D eigenvalue weighted by Crippen LogP contribution is -2.45. The van der Waals surface area contributed by atoms with E-state index in [0.717, 1.165) is 11.8 Å². The van der Waals surface area contributed by atoms with Crippen LogP contribution in [0.1, 0.15) is 32.6 Å². The van der Waals surface area contributed by atoms with Crippen LogP contribution in [0.15, 0.2) is 29.2 Å². The molecule has 1 saturated heterocycles. The Kier molecular flexibility index (Phi) is 4.64. The quantitative estimate of drug-likeness (QED) is 0.768. The Hall–Kier alpha value is -1.64. The first-order chi connectivity index (χ1) is 13.9. The summed E-state index contributed by atoms with van der Waals surface area (Å²) in [6.45, 7) is 3.68. The van der Waals surface area contributed by atoms with E-state index in [1.54, 1.807) is 24.3 Å². The molecular formula is C21H29N3O4S. The van der Waals surface area contributed by atoms with E-state index < -0.39 is 10.0 Å². The maximum Gasteiger partial charge on any atom is 0.319 e. The number of sulfonamides is 1. The number of rotatable bonds is 5. The smallest absolute Gasteiger partial charge is 0.319 e. The normalized spacial score (nSPS) is 34.4.